The van der Waals surface area contributed by atoms with E-state index < -0.39 is 0 Å². The lowest BCUT2D eigenvalue weighted by molar-refractivity contribution is 1.36. The van der Waals surface area contributed by atoms with Crippen molar-refractivity contribution < 1.29 is 0 Å². The molecule has 0 amide bonds. The van der Waals surface area contributed by atoms with Gasteiger partial charge in [0.2, 0.25) is 0 Å². The molecule has 0 unspecified atom stereocenters. The average Bonchev–Trinajstić information content (AvgIpc) is 0.712. The minimum absolute atomic E-state index is 0.903. The van der Waals surface area contributed by atoms with Crippen LogP contribution in [0.5, 0.6) is 0 Å². The Morgan fingerprint density at radius 2 is 0.347 bits per heavy atom. The zero-order valence-electron chi connectivity index (χ0n) is 77.8. The molecule has 666 valence electrons. The average molecular weight is 1830 g/mol. The first-order valence-corrected chi connectivity index (χ1v) is 48.9. The Hall–Kier alpha value is -19.4. The van der Waals surface area contributed by atoms with Crippen molar-refractivity contribution in [2.24, 2.45) is 0 Å². The summed E-state index contributed by atoms with van der Waals surface area (Å²) in [7, 11) is 0. The molecule has 9 heteroatoms. The molecule has 0 saturated carbocycles. The number of fused-ring (bicyclic) bond motifs is 31. The lowest BCUT2D eigenvalue weighted by Gasteiger charge is -2.16. The molecule has 0 N–H and O–H groups in total. The van der Waals surface area contributed by atoms with Gasteiger partial charge in [-0.15, -0.1) is 0 Å². The molecule has 0 bridgehead atoms. The van der Waals surface area contributed by atoms with Crippen molar-refractivity contribution >= 4 is 195 Å². The number of hydrogen-bond donors (Lipinski definition) is 0. The standard InChI is InChI=1S/3C45H27N3/c1-2-11-28(12-3-1)38-25-23-29-21-22-30-24-26-39(47-45(30)44(29)46-38)31-13-10-14-32(27-31)43-42-36-18-7-5-16-34(36)33-15-4-6-17-35(33)41(42)37-19-8-9-20-40(37)48-43;1-2-10-28(11-3-1)38-26-24-31-22-23-32-25-27-39(47-45(32)44(31)46-38)29-18-20-30(21-19-29)43-42-36-15-7-5-13-34(36)33-12-4-6-14-35(33)41(42)37-16-8-9-17-40(37)48-43;1-2-9-29(10-3-1)39-24-21-30-14-15-31-22-25-40(47-45(31)44(30)46-39)34-18-16-33-27-35(19-17-32(33)26-34)43-38-23-20-28-8-4-5-11-36(28)42(38)37-12-6-7-13-41(37)48-43/h3*1-27H. The third-order valence-corrected chi connectivity index (χ3v) is 28.8. The van der Waals surface area contributed by atoms with Gasteiger partial charge in [0.05, 0.1) is 101 Å². The van der Waals surface area contributed by atoms with Crippen molar-refractivity contribution in [2.75, 3.05) is 0 Å². The number of rotatable bonds is 9. The summed E-state index contributed by atoms with van der Waals surface area (Å²) >= 11 is 0. The zero-order chi connectivity index (χ0) is 94.8. The van der Waals surface area contributed by atoms with Crippen LogP contribution in [0.15, 0.2) is 491 Å². The van der Waals surface area contributed by atoms with Crippen molar-refractivity contribution in [3.63, 3.8) is 0 Å². The Labute approximate surface area is 826 Å². The molecule has 0 atom stereocenters. The Morgan fingerprint density at radius 3 is 0.750 bits per heavy atom. The van der Waals surface area contributed by atoms with Crippen LogP contribution >= 0.6 is 0 Å². The highest BCUT2D eigenvalue weighted by Crippen LogP contribution is 2.48. The van der Waals surface area contributed by atoms with Gasteiger partial charge in [-0.25, -0.2) is 44.9 Å². The summed E-state index contributed by atoms with van der Waals surface area (Å²) in [6, 6.07) is 173. The molecular formula is C135H81N9. The van der Waals surface area contributed by atoms with Gasteiger partial charge in [0.25, 0.3) is 0 Å². The molecule has 0 aliphatic heterocycles. The number of pyridine rings is 9. The third-order valence-electron chi connectivity index (χ3n) is 28.8. The molecule has 9 nitrogen and oxygen atoms in total. The Balaban J connectivity index is 0.000000105. The highest BCUT2D eigenvalue weighted by atomic mass is 14.8. The van der Waals surface area contributed by atoms with Crippen LogP contribution < -0.4 is 0 Å². The van der Waals surface area contributed by atoms with Gasteiger partial charge in [0, 0.05) is 131 Å². The molecule has 9 heterocycles. The summed E-state index contributed by atoms with van der Waals surface area (Å²) in [5.74, 6) is 0. The molecule has 30 aromatic rings. The van der Waals surface area contributed by atoms with E-state index >= 15 is 0 Å². The van der Waals surface area contributed by atoms with Crippen LogP contribution in [0.25, 0.3) is 296 Å². The van der Waals surface area contributed by atoms with Crippen molar-refractivity contribution in [1.82, 2.24) is 44.9 Å². The minimum atomic E-state index is 0.903. The molecule has 0 aliphatic rings. The van der Waals surface area contributed by atoms with Crippen LogP contribution in [0.3, 0.4) is 0 Å². The summed E-state index contributed by atoms with van der Waals surface area (Å²) in [5, 5.41) is 32.0. The number of nitrogens with zero attached hydrogens (tertiary/aromatic N) is 9. The van der Waals surface area contributed by atoms with Crippen LogP contribution in [-0.4, -0.2) is 44.9 Å². The largest absolute Gasteiger partial charge is 0.247 e. The fourth-order valence-corrected chi connectivity index (χ4v) is 21.9. The van der Waals surface area contributed by atoms with E-state index in [-0.39, 0.29) is 0 Å². The van der Waals surface area contributed by atoms with Gasteiger partial charge in [0.1, 0.15) is 0 Å². The Bertz CT molecular complexity index is 10500. The summed E-state index contributed by atoms with van der Waals surface area (Å²) in [6.45, 7) is 0. The molecular weight excluding hydrogens is 1750 g/mol. The zero-order valence-corrected chi connectivity index (χ0v) is 77.8. The van der Waals surface area contributed by atoms with Gasteiger partial charge in [-0.05, 0) is 137 Å². The topological polar surface area (TPSA) is 116 Å². The SMILES string of the molecule is c1ccc(-c2ccc3ccc4ccc(-c5ccc(-c6nc7ccccc7c7c8ccccc8c8ccccc8c67)cc5)nc4c3n2)cc1.c1ccc(-c2ccc3ccc4ccc(-c5ccc6cc(-c7nc8ccccc8c8c7ccc7ccccc78)ccc6c5)nc4c3n2)cc1.c1ccc(-c2ccc3ccc4ccc(-c5cccc(-c6nc7ccccc7c7c8ccccc8c8ccccc8c67)c5)nc4c3n2)cc1. The highest BCUT2D eigenvalue weighted by Gasteiger charge is 2.24. The maximum atomic E-state index is 5.36. The lowest BCUT2D eigenvalue weighted by atomic mass is 9.89. The van der Waals surface area contributed by atoms with Crippen LogP contribution in [0.1, 0.15) is 0 Å². The van der Waals surface area contributed by atoms with Gasteiger partial charge in [-0.3, -0.25) is 0 Å². The van der Waals surface area contributed by atoms with E-state index in [4.69, 9.17) is 44.9 Å². The summed E-state index contributed by atoms with van der Waals surface area (Å²) < 4.78 is 0. The van der Waals surface area contributed by atoms with Crippen LogP contribution in [0, 0.1) is 0 Å². The molecule has 30 rings (SSSR count). The van der Waals surface area contributed by atoms with E-state index in [9.17, 15) is 0 Å². The van der Waals surface area contributed by atoms with Crippen molar-refractivity contribution in [3.05, 3.63) is 491 Å². The molecule has 9 aromatic heterocycles. The maximum Gasteiger partial charge on any atom is 0.0972 e. The van der Waals surface area contributed by atoms with Crippen molar-refractivity contribution in [2.45, 2.75) is 0 Å². The summed E-state index contributed by atoms with van der Waals surface area (Å²) in [5.41, 5.74) is 26.7. The van der Waals surface area contributed by atoms with E-state index in [2.05, 4.69) is 437 Å². The van der Waals surface area contributed by atoms with E-state index in [1.165, 1.54) is 108 Å². The molecule has 21 aromatic carbocycles. The van der Waals surface area contributed by atoms with E-state index in [0.29, 0.717) is 0 Å². The van der Waals surface area contributed by atoms with Gasteiger partial charge < -0.3 is 0 Å². The second-order valence-corrected chi connectivity index (χ2v) is 37.2. The second kappa shape index (κ2) is 34.4. The second-order valence-electron chi connectivity index (χ2n) is 37.2. The smallest absolute Gasteiger partial charge is 0.0972 e. The number of aromatic nitrogens is 9. The first-order chi connectivity index (χ1) is 71.4. The lowest BCUT2D eigenvalue weighted by Crippen LogP contribution is -1.94. The van der Waals surface area contributed by atoms with E-state index in [0.717, 1.165) is 189 Å². The maximum absolute atomic E-state index is 5.36. The van der Waals surface area contributed by atoms with Crippen LogP contribution in [0.2, 0.25) is 0 Å². The fourth-order valence-electron chi connectivity index (χ4n) is 21.9. The van der Waals surface area contributed by atoms with Crippen LogP contribution in [-0.2, 0) is 0 Å². The van der Waals surface area contributed by atoms with Gasteiger partial charge >= 0.3 is 0 Å². The summed E-state index contributed by atoms with van der Waals surface area (Å²) in [6.07, 6.45) is 0. The minimum Gasteiger partial charge on any atom is -0.247 e. The van der Waals surface area contributed by atoms with Gasteiger partial charge in [-0.1, -0.05) is 419 Å². The predicted molar refractivity (Wildman–Crippen MR) is 604 cm³/mol. The third kappa shape index (κ3) is 14.3. The Morgan fingerprint density at radius 1 is 0.104 bits per heavy atom. The van der Waals surface area contributed by atoms with Crippen LogP contribution in [0.4, 0.5) is 0 Å². The first-order valence-electron chi connectivity index (χ1n) is 48.9. The van der Waals surface area contributed by atoms with Crippen molar-refractivity contribution in [1.29, 1.82) is 0 Å². The van der Waals surface area contributed by atoms with E-state index in [1.807, 2.05) is 54.6 Å². The normalized spacial score (nSPS) is 11.8. The number of para-hydroxylation sites is 3. The molecule has 0 aliphatic carbocycles. The predicted octanol–water partition coefficient (Wildman–Crippen LogP) is 35.4. The molecule has 0 saturated heterocycles. The molecule has 0 fully saturated rings. The summed E-state index contributed by atoms with van der Waals surface area (Å²) in [4.78, 5) is 46.9. The molecule has 0 spiro atoms. The number of benzene rings is 21. The Kier molecular flexibility index (Phi) is 19.8. The monoisotopic (exact) mass is 1830 g/mol. The van der Waals surface area contributed by atoms with E-state index in [1.54, 1.807) is 0 Å². The quantitative estimate of drug-likeness (QED) is 0.130. The molecule has 0 radical (unpaired) electrons. The number of hydrogen-bond acceptors (Lipinski definition) is 9. The van der Waals surface area contributed by atoms with Gasteiger partial charge in [-0.2, -0.15) is 0 Å². The van der Waals surface area contributed by atoms with Gasteiger partial charge in [0.15, 0.2) is 0 Å². The highest BCUT2D eigenvalue weighted by molar-refractivity contribution is 6.36. The molecule has 144 heavy (non-hydrogen) atoms. The first kappa shape index (κ1) is 82.9. The van der Waals surface area contributed by atoms with Crippen molar-refractivity contribution in [3.8, 4) is 101 Å². The fraction of sp³-hybridized carbons (Fsp3) is 0.